The van der Waals surface area contributed by atoms with Crippen molar-refractivity contribution in [3.8, 4) is 0 Å². The smallest absolute Gasteiger partial charge is 0.408 e. The first-order chi connectivity index (χ1) is 9.56. The van der Waals surface area contributed by atoms with E-state index in [1.54, 1.807) is 24.3 Å². The van der Waals surface area contributed by atoms with Gasteiger partial charge in [0.2, 0.25) is 0 Å². The van der Waals surface area contributed by atoms with Crippen molar-refractivity contribution in [3.63, 3.8) is 0 Å². The van der Waals surface area contributed by atoms with E-state index in [4.69, 9.17) is 16.0 Å². The highest BCUT2D eigenvalue weighted by Gasteiger charge is 2.15. The molecule has 0 bridgehead atoms. The first-order valence-electron chi connectivity index (χ1n) is 5.99. The molecule has 0 aliphatic carbocycles. The van der Waals surface area contributed by atoms with E-state index in [1.807, 2.05) is 13.0 Å². The number of fused-ring (bicyclic) bond motifs is 1. The first kappa shape index (κ1) is 12.7. The average Bonchev–Trinajstić information content (AvgIpc) is 2.80. The predicted molar refractivity (Wildman–Crippen MR) is 76.5 cm³/mol. The third-order valence-corrected chi connectivity index (χ3v) is 3.62. The Hall–Kier alpha value is -2.33. The van der Waals surface area contributed by atoms with Crippen LogP contribution in [0, 0.1) is 6.92 Å². The van der Waals surface area contributed by atoms with E-state index in [-0.39, 0.29) is 5.78 Å². The van der Waals surface area contributed by atoms with Gasteiger partial charge in [0.25, 0.3) is 0 Å². The van der Waals surface area contributed by atoms with Crippen molar-refractivity contribution in [2.24, 2.45) is 0 Å². The van der Waals surface area contributed by atoms with Crippen LogP contribution in [0.1, 0.15) is 21.5 Å². The summed E-state index contributed by atoms with van der Waals surface area (Å²) in [6, 6.07) is 10.1. The summed E-state index contributed by atoms with van der Waals surface area (Å²) in [6.45, 7) is 1.84. The van der Waals surface area contributed by atoms with Gasteiger partial charge in [-0.3, -0.25) is 9.78 Å². The zero-order chi connectivity index (χ0) is 14.3. The summed E-state index contributed by atoms with van der Waals surface area (Å²) in [5.74, 6) is -0.748. The fraction of sp³-hybridized carbons (Fsp3) is 0.0667. The lowest BCUT2D eigenvalue weighted by Crippen LogP contribution is -2.02. The van der Waals surface area contributed by atoms with Crippen LogP contribution in [-0.4, -0.2) is 10.8 Å². The van der Waals surface area contributed by atoms with Crippen LogP contribution < -0.4 is 5.76 Å². The lowest BCUT2D eigenvalue weighted by molar-refractivity contribution is 0.103. The van der Waals surface area contributed by atoms with Gasteiger partial charge < -0.3 is 4.42 Å². The highest BCUT2D eigenvalue weighted by Crippen LogP contribution is 2.24. The van der Waals surface area contributed by atoms with Gasteiger partial charge >= 0.3 is 5.76 Å². The molecule has 0 saturated heterocycles. The molecule has 5 heteroatoms. The standard InChI is InChI=1S/C15H10ClNO3/c1-8-3-2-4-10(13(8)16)14(18)9-5-6-11-12(7-9)20-15(19)17-11/h2-7H,1H3,(H,17,19). The van der Waals surface area contributed by atoms with Gasteiger partial charge in [-0.1, -0.05) is 23.7 Å². The largest absolute Gasteiger partial charge is 0.417 e. The number of nitrogens with one attached hydrogen (secondary N) is 1. The number of hydrogen-bond donors (Lipinski definition) is 1. The molecule has 4 nitrogen and oxygen atoms in total. The fourth-order valence-corrected chi connectivity index (χ4v) is 2.28. The quantitative estimate of drug-likeness (QED) is 0.736. The Morgan fingerprint density at radius 2 is 2.05 bits per heavy atom. The third kappa shape index (κ3) is 2.04. The van der Waals surface area contributed by atoms with Gasteiger partial charge in [-0.2, -0.15) is 0 Å². The number of aryl methyl sites for hydroxylation is 1. The fourth-order valence-electron chi connectivity index (χ4n) is 2.06. The number of oxazole rings is 1. The van der Waals surface area contributed by atoms with E-state index in [1.165, 1.54) is 6.07 Å². The summed E-state index contributed by atoms with van der Waals surface area (Å²) in [6.07, 6.45) is 0. The Bertz CT molecular complexity index is 876. The van der Waals surface area contributed by atoms with Crippen molar-refractivity contribution in [1.82, 2.24) is 4.98 Å². The van der Waals surface area contributed by atoms with Crippen LogP contribution in [0.3, 0.4) is 0 Å². The van der Waals surface area contributed by atoms with Crippen LogP contribution >= 0.6 is 11.6 Å². The zero-order valence-corrected chi connectivity index (χ0v) is 11.3. The highest BCUT2D eigenvalue weighted by atomic mass is 35.5. The maximum absolute atomic E-state index is 12.5. The summed E-state index contributed by atoms with van der Waals surface area (Å²) >= 11 is 6.16. The molecular formula is C15H10ClNO3. The van der Waals surface area contributed by atoms with Crippen LogP contribution in [0.5, 0.6) is 0 Å². The van der Waals surface area contributed by atoms with Crippen LogP contribution in [0.4, 0.5) is 0 Å². The van der Waals surface area contributed by atoms with Crippen molar-refractivity contribution >= 4 is 28.5 Å². The third-order valence-electron chi connectivity index (χ3n) is 3.12. The summed E-state index contributed by atoms with van der Waals surface area (Å²) < 4.78 is 4.95. The molecule has 0 unspecified atom stereocenters. The number of aromatic nitrogens is 1. The van der Waals surface area contributed by atoms with Gasteiger partial charge in [0.15, 0.2) is 11.4 Å². The van der Waals surface area contributed by atoms with Gasteiger partial charge in [0, 0.05) is 11.1 Å². The number of hydrogen-bond acceptors (Lipinski definition) is 3. The molecule has 0 amide bonds. The second-order valence-corrected chi connectivity index (χ2v) is 4.87. The second-order valence-electron chi connectivity index (χ2n) is 4.49. The highest BCUT2D eigenvalue weighted by molar-refractivity contribution is 6.35. The van der Waals surface area contributed by atoms with E-state index in [0.29, 0.717) is 27.2 Å². The van der Waals surface area contributed by atoms with Crippen molar-refractivity contribution < 1.29 is 9.21 Å². The molecule has 0 atom stereocenters. The van der Waals surface area contributed by atoms with Crippen molar-refractivity contribution in [2.75, 3.05) is 0 Å². The molecule has 20 heavy (non-hydrogen) atoms. The summed E-state index contributed by atoms with van der Waals surface area (Å²) in [5, 5.41) is 0.438. The molecule has 0 saturated carbocycles. The first-order valence-corrected chi connectivity index (χ1v) is 6.37. The molecular weight excluding hydrogens is 278 g/mol. The molecule has 0 radical (unpaired) electrons. The Balaban J connectivity index is 2.12. The molecule has 0 aliphatic heterocycles. The summed E-state index contributed by atoms with van der Waals surface area (Å²) in [5.41, 5.74) is 2.61. The number of benzene rings is 2. The van der Waals surface area contributed by atoms with Crippen molar-refractivity contribution in [1.29, 1.82) is 0 Å². The molecule has 1 N–H and O–H groups in total. The van der Waals surface area contributed by atoms with Crippen molar-refractivity contribution in [3.05, 3.63) is 68.7 Å². The summed E-state index contributed by atoms with van der Waals surface area (Å²) in [4.78, 5) is 26.1. The topological polar surface area (TPSA) is 63.1 Å². The number of halogens is 1. The zero-order valence-electron chi connectivity index (χ0n) is 10.6. The lowest BCUT2D eigenvalue weighted by atomic mass is 10.0. The monoisotopic (exact) mass is 287 g/mol. The van der Waals surface area contributed by atoms with E-state index in [9.17, 15) is 9.59 Å². The van der Waals surface area contributed by atoms with Gasteiger partial charge in [-0.05, 0) is 36.8 Å². The van der Waals surface area contributed by atoms with Gasteiger partial charge in [0.1, 0.15) is 0 Å². The number of carbonyl (C=O) groups excluding carboxylic acids is 1. The number of rotatable bonds is 2. The maximum atomic E-state index is 12.5. The molecule has 2 aromatic carbocycles. The van der Waals surface area contributed by atoms with Crippen LogP contribution in [-0.2, 0) is 0 Å². The van der Waals surface area contributed by atoms with Crippen LogP contribution in [0.2, 0.25) is 5.02 Å². The minimum absolute atomic E-state index is 0.204. The van der Waals surface area contributed by atoms with E-state index in [0.717, 1.165) is 5.56 Å². The Morgan fingerprint density at radius 1 is 1.25 bits per heavy atom. The summed E-state index contributed by atoms with van der Waals surface area (Å²) in [7, 11) is 0. The molecule has 0 fully saturated rings. The Labute approximate surface area is 119 Å². The molecule has 100 valence electrons. The minimum atomic E-state index is -0.543. The van der Waals surface area contributed by atoms with E-state index >= 15 is 0 Å². The van der Waals surface area contributed by atoms with Crippen molar-refractivity contribution in [2.45, 2.75) is 6.92 Å². The maximum Gasteiger partial charge on any atom is 0.417 e. The Kier molecular flexibility index (Phi) is 2.95. The number of H-pyrrole nitrogens is 1. The minimum Gasteiger partial charge on any atom is -0.408 e. The van der Waals surface area contributed by atoms with Gasteiger partial charge in [-0.15, -0.1) is 0 Å². The lowest BCUT2D eigenvalue weighted by Gasteiger charge is -2.05. The van der Waals surface area contributed by atoms with E-state index in [2.05, 4.69) is 4.98 Å². The molecule has 1 heterocycles. The number of carbonyl (C=O) groups is 1. The average molecular weight is 288 g/mol. The van der Waals surface area contributed by atoms with Crippen LogP contribution in [0.25, 0.3) is 11.1 Å². The second kappa shape index (κ2) is 4.65. The molecule has 1 aromatic heterocycles. The number of aromatic amines is 1. The van der Waals surface area contributed by atoms with E-state index < -0.39 is 5.76 Å². The molecule has 3 rings (SSSR count). The Morgan fingerprint density at radius 3 is 2.85 bits per heavy atom. The number of ketones is 1. The normalized spacial score (nSPS) is 10.9. The predicted octanol–water partition coefficient (Wildman–Crippen LogP) is 3.31. The molecule has 0 aliphatic rings. The van der Waals surface area contributed by atoms with Gasteiger partial charge in [-0.25, -0.2) is 4.79 Å². The molecule has 0 spiro atoms. The molecule has 3 aromatic rings. The van der Waals surface area contributed by atoms with Gasteiger partial charge in [0.05, 0.1) is 10.5 Å². The van der Waals surface area contributed by atoms with Crippen LogP contribution in [0.15, 0.2) is 45.6 Å². The SMILES string of the molecule is Cc1cccc(C(=O)c2ccc3[nH]c(=O)oc3c2)c1Cl.